The molecular weight excluding hydrogens is 831 g/mol. The molecule has 0 amide bonds. The molecule has 1 N–H and O–H groups in total. The summed E-state index contributed by atoms with van der Waals surface area (Å²) in [5.74, 6) is -0.0625. The number of benzene rings is 4. The van der Waals surface area contributed by atoms with Gasteiger partial charge in [0.2, 0.25) is 0 Å². The van der Waals surface area contributed by atoms with E-state index in [1.54, 1.807) is 0 Å². The summed E-state index contributed by atoms with van der Waals surface area (Å²) >= 11 is 0. The zero-order chi connectivity index (χ0) is 46.7. The fourth-order valence-electron chi connectivity index (χ4n) is 7.25. The molecule has 2 heterocycles. The third kappa shape index (κ3) is 12.8. The molecule has 7 heteroatoms. The molecule has 2 aromatic heterocycles. The summed E-state index contributed by atoms with van der Waals surface area (Å²) in [5.41, 5.74) is 15.8. The molecule has 0 spiro atoms. The first-order chi connectivity index (χ1) is 29.2. The maximum Gasteiger partial charge on any atom is 0.155 e. The van der Waals surface area contributed by atoms with E-state index >= 15 is 0 Å². The van der Waals surface area contributed by atoms with Gasteiger partial charge in [-0.1, -0.05) is 180 Å². The van der Waals surface area contributed by atoms with Crippen molar-refractivity contribution >= 4 is 17.2 Å². The second kappa shape index (κ2) is 20.1. The van der Waals surface area contributed by atoms with E-state index in [4.69, 9.17) is 15.3 Å². The first-order valence-corrected chi connectivity index (χ1v) is 22.1. The van der Waals surface area contributed by atoms with E-state index in [2.05, 4.69) is 228 Å². The van der Waals surface area contributed by atoms with Crippen molar-refractivity contribution in [2.24, 2.45) is 10.2 Å². The van der Waals surface area contributed by atoms with Gasteiger partial charge in [-0.05, 0) is 95.9 Å². The van der Waals surface area contributed by atoms with Crippen LogP contribution in [-0.4, -0.2) is 31.7 Å². The standard InChI is InChI=1S/C52H62N4.C5H8O2.Ni/c1-35(53-55-45(37-15-23-41(24-16-37)49(3,4)5)31-32-46(55)38-17-25-42(26-18-38)50(6,7)8)36(2)54-56-47(39-19-27-43(28-20-39)51(9,10)11)33-34-48(56)40-21-29-44(30-22-40)52(12,13)14;1-4(6)3-5(2)7;/h15-34H,1-14H3;3,6H,1-2H3;/b53-35+,54-36+;4-3-;. The third-order valence-corrected chi connectivity index (χ3v) is 11.3. The molecule has 6 nitrogen and oxygen atoms in total. The van der Waals surface area contributed by atoms with Crippen molar-refractivity contribution in [1.82, 2.24) is 9.35 Å². The van der Waals surface area contributed by atoms with Crippen LogP contribution in [0.25, 0.3) is 45.0 Å². The van der Waals surface area contributed by atoms with Gasteiger partial charge in [0.1, 0.15) is 0 Å². The van der Waals surface area contributed by atoms with Crippen LogP contribution in [0.5, 0.6) is 0 Å². The van der Waals surface area contributed by atoms with Gasteiger partial charge in [0.25, 0.3) is 0 Å². The Hall–Kier alpha value is -5.52. The number of rotatable bonds is 8. The predicted molar refractivity (Wildman–Crippen MR) is 269 cm³/mol. The minimum Gasteiger partial charge on any atom is -0.512 e. The van der Waals surface area contributed by atoms with Crippen LogP contribution in [0.15, 0.2) is 143 Å². The Balaban J connectivity index is 0.00000104. The minimum atomic E-state index is -0.125. The van der Waals surface area contributed by atoms with Crippen LogP contribution in [0.3, 0.4) is 0 Å². The Morgan fingerprint density at radius 1 is 0.406 bits per heavy atom. The van der Waals surface area contributed by atoms with Crippen molar-refractivity contribution in [2.75, 3.05) is 0 Å². The summed E-state index contributed by atoms with van der Waals surface area (Å²) in [6.07, 6.45) is 1.17. The zero-order valence-electron chi connectivity index (χ0n) is 41.1. The van der Waals surface area contributed by atoms with Gasteiger partial charge < -0.3 is 5.11 Å². The van der Waals surface area contributed by atoms with Crippen LogP contribution >= 0.6 is 0 Å². The third-order valence-electron chi connectivity index (χ3n) is 11.3. The Labute approximate surface area is 394 Å². The molecule has 6 rings (SSSR count). The number of hydrogen-bond donors (Lipinski definition) is 1. The Morgan fingerprint density at radius 3 is 0.750 bits per heavy atom. The normalized spacial score (nSPS) is 13.0. The van der Waals surface area contributed by atoms with Crippen LogP contribution in [-0.2, 0) is 42.9 Å². The van der Waals surface area contributed by atoms with Crippen LogP contribution in [0.4, 0.5) is 0 Å². The van der Waals surface area contributed by atoms with E-state index in [0.717, 1.165) is 56.5 Å². The van der Waals surface area contributed by atoms with Crippen molar-refractivity contribution < 1.29 is 26.4 Å². The maximum atomic E-state index is 10.0. The minimum absolute atomic E-state index is 0. The largest absolute Gasteiger partial charge is 0.512 e. The molecular formula is C57H70N4NiO2. The maximum absolute atomic E-state index is 10.0. The number of carbonyl (C=O) groups is 1. The number of hydrogen-bond acceptors (Lipinski definition) is 4. The molecule has 0 aliphatic rings. The van der Waals surface area contributed by atoms with E-state index in [-0.39, 0.29) is 49.7 Å². The van der Waals surface area contributed by atoms with Crippen LogP contribution in [0, 0.1) is 0 Å². The van der Waals surface area contributed by atoms with Crippen molar-refractivity contribution in [3.8, 4) is 45.0 Å². The summed E-state index contributed by atoms with van der Waals surface area (Å²) in [4.78, 5) is 10.0. The Morgan fingerprint density at radius 2 is 0.609 bits per heavy atom. The summed E-state index contributed by atoms with van der Waals surface area (Å²) in [7, 11) is 0. The molecule has 0 radical (unpaired) electrons. The van der Waals surface area contributed by atoms with Crippen molar-refractivity contribution in [1.29, 1.82) is 0 Å². The van der Waals surface area contributed by atoms with Crippen molar-refractivity contribution in [2.45, 2.75) is 132 Å². The molecule has 0 aliphatic carbocycles. The average molecular weight is 902 g/mol. The molecule has 0 saturated carbocycles. The van der Waals surface area contributed by atoms with Gasteiger partial charge >= 0.3 is 0 Å². The first kappa shape index (κ1) is 51.1. The fraction of sp³-hybridized carbons (Fsp3) is 0.351. The number of nitrogens with zero attached hydrogens (tertiary/aromatic N) is 4. The number of ketones is 1. The van der Waals surface area contributed by atoms with Gasteiger partial charge in [0, 0.05) is 44.8 Å². The second-order valence-electron chi connectivity index (χ2n) is 20.9. The van der Waals surface area contributed by atoms with Gasteiger partial charge in [-0.2, -0.15) is 10.2 Å². The van der Waals surface area contributed by atoms with Crippen LogP contribution < -0.4 is 0 Å². The SMILES string of the molecule is CC(=N\n1c(-c2ccc(C(C)(C)C)cc2)ccc1-c1ccc(C(C)(C)C)cc1)/C(C)=N/n1c(-c2ccc(C(C)(C)C)cc2)ccc1-c1ccc(C(C)(C)C)cc1.CC(=O)/C=C(/C)O.[Ni]. The number of aromatic nitrogens is 2. The van der Waals surface area contributed by atoms with E-state index < -0.39 is 0 Å². The Kier molecular flexibility index (Phi) is 16.1. The van der Waals surface area contributed by atoms with Gasteiger partial charge in [-0.25, -0.2) is 9.35 Å². The first-order valence-electron chi connectivity index (χ1n) is 22.1. The van der Waals surface area contributed by atoms with Gasteiger partial charge in [-0.3, -0.25) is 4.79 Å². The summed E-state index contributed by atoms with van der Waals surface area (Å²) in [6, 6.07) is 44.4. The molecule has 340 valence electrons. The van der Waals surface area contributed by atoms with Crippen molar-refractivity contribution in [3.63, 3.8) is 0 Å². The molecule has 0 bridgehead atoms. The van der Waals surface area contributed by atoms with Gasteiger partial charge in [0.15, 0.2) is 5.78 Å². The van der Waals surface area contributed by atoms with E-state index in [1.165, 1.54) is 42.2 Å². The molecule has 64 heavy (non-hydrogen) atoms. The van der Waals surface area contributed by atoms with Crippen LogP contribution in [0.1, 0.15) is 133 Å². The van der Waals surface area contributed by atoms with E-state index in [1.807, 2.05) is 0 Å². The number of allylic oxidation sites excluding steroid dienone is 2. The second-order valence-corrected chi connectivity index (χ2v) is 20.9. The molecule has 0 atom stereocenters. The Bertz CT molecular complexity index is 2280. The summed E-state index contributed by atoms with van der Waals surface area (Å²) in [5, 5.41) is 19.1. The van der Waals surface area contributed by atoms with Crippen molar-refractivity contribution in [3.05, 3.63) is 155 Å². The number of aliphatic hydroxyl groups excluding tert-OH is 1. The molecule has 0 aliphatic heterocycles. The van der Waals surface area contributed by atoms with E-state index in [9.17, 15) is 4.79 Å². The fourth-order valence-corrected chi connectivity index (χ4v) is 7.25. The molecule has 0 saturated heterocycles. The van der Waals surface area contributed by atoms with E-state index in [0.29, 0.717) is 0 Å². The molecule has 4 aromatic carbocycles. The molecule has 0 fully saturated rings. The number of carbonyl (C=O) groups excluding carboxylic acids is 1. The van der Waals surface area contributed by atoms with Gasteiger partial charge in [0.05, 0.1) is 40.0 Å². The quantitative estimate of drug-likeness (QED) is 0.0715. The number of aliphatic hydroxyl groups is 1. The summed E-state index contributed by atoms with van der Waals surface area (Å²) in [6.45, 7) is 34.0. The predicted octanol–water partition coefficient (Wildman–Crippen LogP) is 15.3. The molecule has 6 aromatic rings. The molecule has 0 unspecified atom stereocenters. The average Bonchev–Trinajstić information content (AvgIpc) is 3.80. The summed E-state index contributed by atoms with van der Waals surface area (Å²) < 4.78 is 4.20. The van der Waals surface area contributed by atoms with Gasteiger partial charge in [-0.15, -0.1) is 0 Å². The zero-order valence-corrected chi connectivity index (χ0v) is 42.1. The monoisotopic (exact) mass is 900 g/mol. The smallest absolute Gasteiger partial charge is 0.155 e. The topological polar surface area (TPSA) is 71.9 Å². The van der Waals surface area contributed by atoms with Crippen LogP contribution in [0.2, 0.25) is 0 Å².